The SMILES string of the molecule is Cc1nc(Oc2ccc3c(c2)NC(N)=C(C#N)C3c2ccccc2)cc(N2CCN(CCO)CC2)n1. The summed E-state index contributed by atoms with van der Waals surface area (Å²) in [6, 6.07) is 19.8. The molecule has 3 heterocycles. The van der Waals surface area contributed by atoms with Gasteiger partial charge in [-0.3, -0.25) is 4.90 Å². The summed E-state index contributed by atoms with van der Waals surface area (Å²) in [6.07, 6.45) is 0. The second-order valence-electron chi connectivity index (χ2n) is 8.92. The number of benzene rings is 2. The highest BCUT2D eigenvalue weighted by atomic mass is 16.5. The molecule has 2 aliphatic rings. The van der Waals surface area contributed by atoms with E-state index >= 15 is 0 Å². The van der Waals surface area contributed by atoms with Crippen molar-refractivity contribution >= 4 is 11.5 Å². The van der Waals surface area contributed by atoms with E-state index in [1.54, 1.807) is 0 Å². The molecule has 0 spiro atoms. The molecule has 0 radical (unpaired) electrons. The van der Waals surface area contributed by atoms with E-state index in [1.807, 2.05) is 61.5 Å². The normalized spacial score (nSPS) is 17.8. The highest BCUT2D eigenvalue weighted by Gasteiger charge is 2.29. The van der Waals surface area contributed by atoms with Crippen molar-refractivity contribution in [2.75, 3.05) is 49.5 Å². The molecule has 3 aromatic rings. The van der Waals surface area contributed by atoms with Crippen molar-refractivity contribution in [2.45, 2.75) is 12.8 Å². The number of rotatable bonds is 6. The van der Waals surface area contributed by atoms with E-state index in [4.69, 9.17) is 10.5 Å². The smallest absolute Gasteiger partial charge is 0.224 e. The van der Waals surface area contributed by atoms with E-state index in [2.05, 4.69) is 31.2 Å². The topological polar surface area (TPSA) is 124 Å². The van der Waals surface area contributed by atoms with Gasteiger partial charge in [0.25, 0.3) is 0 Å². The van der Waals surface area contributed by atoms with Crippen LogP contribution in [-0.4, -0.2) is 59.3 Å². The van der Waals surface area contributed by atoms with Crippen LogP contribution in [0.3, 0.4) is 0 Å². The summed E-state index contributed by atoms with van der Waals surface area (Å²) < 4.78 is 6.16. The summed E-state index contributed by atoms with van der Waals surface area (Å²) in [5, 5.41) is 22.1. The van der Waals surface area contributed by atoms with Crippen LogP contribution in [0.25, 0.3) is 0 Å². The first-order valence-corrected chi connectivity index (χ1v) is 12.0. The number of aliphatic hydroxyl groups excluding tert-OH is 1. The largest absolute Gasteiger partial charge is 0.439 e. The molecule has 0 saturated carbocycles. The first-order valence-electron chi connectivity index (χ1n) is 12.0. The van der Waals surface area contributed by atoms with Crippen molar-refractivity contribution in [3.8, 4) is 17.7 Å². The van der Waals surface area contributed by atoms with E-state index in [1.165, 1.54) is 0 Å². The summed E-state index contributed by atoms with van der Waals surface area (Å²) in [6.45, 7) is 6.12. The highest BCUT2D eigenvalue weighted by Crippen LogP contribution is 2.42. The number of nitriles is 1. The van der Waals surface area contributed by atoms with Crippen LogP contribution in [0, 0.1) is 18.3 Å². The van der Waals surface area contributed by atoms with Gasteiger partial charge in [0.05, 0.1) is 18.2 Å². The van der Waals surface area contributed by atoms with Crippen molar-refractivity contribution in [3.05, 3.63) is 82.9 Å². The van der Waals surface area contributed by atoms with Crippen LogP contribution in [0.4, 0.5) is 11.5 Å². The molecule has 2 aromatic carbocycles. The minimum Gasteiger partial charge on any atom is -0.439 e. The molecule has 1 aromatic heterocycles. The summed E-state index contributed by atoms with van der Waals surface area (Å²) in [7, 11) is 0. The minimum atomic E-state index is -0.251. The van der Waals surface area contributed by atoms with Gasteiger partial charge in [0.1, 0.15) is 23.2 Å². The molecule has 9 nitrogen and oxygen atoms in total. The Bertz CT molecular complexity index is 1310. The molecule has 1 saturated heterocycles. The Kier molecular flexibility index (Phi) is 6.71. The molecular weight excluding hydrogens is 454 g/mol. The van der Waals surface area contributed by atoms with Gasteiger partial charge in [-0.2, -0.15) is 10.2 Å². The Morgan fingerprint density at radius 2 is 1.89 bits per heavy atom. The number of aromatic nitrogens is 2. The number of anilines is 2. The summed E-state index contributed by atoms with van der Waals surface area (Å²) >= 11 is 0. The Hall–Kier alpha value is -4.13. The van der Waals surface area contributed by atoms with E-state index in [9.17, 15) is 10.4 Å². The maximum absolute atomic E-state index is 9.78. The van der Waals surface area contributed by atoms with Crippen molar-refractivity contribution in [2.24, 2.45) is 5.73 Å². The average molecular weight is 484 g/mol. The molecule has 2 aliphatic heterocycles. The molecule has 0 aliphatic carbocycles. The molecule has 4 N–H and O–H groups in total. The lowest BCUT2D eigenvalue weighted by molar-refractivity contribution is 0.188. The predicted molar refractivity (Wildman–Crippen MR) is 138 cm³/mol. The van der Waals surface area contributed by atoms with Crippen LogP contribution in [0.1, 0.15) is 22.9 Å². The number of nitrogens with zero attached hydrogens (tertiary/aromatic N) is 5. The molecule has 1 atom stereocenters. The third kappa shape index (κ3) is 4.82. The summed E-state index contributed by atoms with van der Waals surface area (Å²) in [4.78, 5) is 13.5. The fourth-order valence-corrected chi connectivity index (χ4v) is 4.80. The van der Waals surface area contributed by atoms with Crippen molar-refractivity contribution in [1.29, 1.82) is 5.26 Å². The first-order chi connectivity index (χ1) is 17.6. The standard InChI is InChI=1S/C27H29N7O2/c1-18-30-24(34-11-9-33(10-12-34)13-14-35)16-25(31-18)36-20-7-8-21-23(15-20)32-27(29)22(17-28)26(21)19-5-3-2-4-6-19/h2-8,15-16,26,32,35H,9-14,29H2,1H3. The summed E-state index contributed by atoms with van der Waals surface area (Å²) in [5.41, 5.74) is 9.50. The van der Waals surface area contributed by atoms with Crippen LogP contribution in [0.15, 0.2) is 66.0 Å². The summed E-state index contributed by atoms with van der Waals surface area (Å²) in [5.74, 6) is 2.62. The Morgan fingerprint density at radius 3 is 2.61 bits per heavy atom. The molecule has 184 valence electrons. The number of β-amino-alcohol motifs (C(OH)–C–C–N with tert-alkyl or cyclic N) is 1. The molecule has 1 unspecified atom stereocenters. The van der Waals surface area contributed by atoms with Gasteiger partial charge in [-0.25, -0.2) is 4.98 Å². The number of ether oxygens (including phenoxy) is 1. The number of fused-ring (bicyclic) bond motifs is 1. The number of aryl methyl sites for hydroxylation is 1. The number of allylic oxidation sites excluding steroid dienone is 1. The monoisotopic (exact) mass is 483 g/mol. The Morgan fingerprint density at radius 1 is 1.11 bits per heavy atom. The van der Waals surface area contributed by atoms with Crippen LogP contribution in [0.2, 0.25) is 0 Å². The molecule has 36 heavy (non-hydrogen) atoms. The van der Waals surface area contributed by atoms with E-state index in [-0.39, 0.29) is 12.5 Å². The van der Waals surface area contributed by atoms with Gasteiger partial charge >= 0.3 is 0 Å². The Balaban J connectivity index is 1.39. The lowest BCUT2D eigenvalue weighted by Crippen LogP contribution is -2.47. The highest BCUT2D eigenvalue weighted by molar-refractivity contribution is 5.69. The van der Waals surface area contributed by atoms with Gasteiger partial charge in [-0.1, -0.05) is 36.4 Å². The third-order valence-electron chi connectivity index (χ3n) is 6.57. The lowest BCUT2D eigenvalue weighted by Gasteiger charge is -2.35. The van der Waals surface area contributed by atoms with Crippen molar-refractivity contribution < 1.29 is 9.84 Å². The molecule has 0 bridgehead atoms. The van der Waals surface area contributed by atoms with Crippen LogP contribution in [-0.2, 0) is 0 Å². The zero-order chi connectivity index (χ0) is 25.1. The average Bonchev–Trinajstić information content (AvgIpc) is 2.88. The quantitative estimate of drug-likeness (QED) is 0.485. The maximum Gasteiger partial charge on any atom is 0.224 e. The van der Waals surface area contributed by atoms with Gasteiger partial charge in [0.2, 0.25) is 5.88 Å². The number of nitrogens with one attached hydrogen (secondary N) is 1. The number of hydrogen-bond acceptors (Lipinski definition) is 9. The molecule has 5 rings (SSSR count). The number of hydrogen-bond donors (Lipinski definition) is 3. The number of piperazine rings is 1. The van der Waals surface area contributed by atoms with E-state index in [0.29, 0.717) is 35.4 Å². The third-order valence-corrected chi connectivity index (χ3v) is 6.57. The zero-order valence-corrected chi connectivity index (χ0v) is 20.2. The second kappa shape index (κ2) is 10.2. The fraction of sp³-hybridized carbons (Fsp3) is 0.296. The van der Waals surface area contributed by atoms with E-state index < -0.39 is 0 Å². The van der Waals surface area contributed by atoms with Crippen LogP contribution >= 0.6 is 0 Å². The number of nitrogens with two attached hydrogens (primary N) is 1. The molecule has 9 heteroatoms. The maximum atomic E-state index is 9.78. The molecular formula is C27H29N7O2. The first kappa shape index (κ1) is 23.6. The zero-order valence-electron chi connectivity index (χ0n) is 20.2. The Labute approximate surface area is 210 Å². The second-order valence-corrected chi connectivity index (χ2v) is 8.92. The van der Waals surface area contributed by atoms with Crippen LogP contribution in [0.5, 0.6) is 11.6 Å². The molecule has 1 fully saturated rings. The number of aliphatic hydroxyl groups is 1. The van der Waals surface area contributed by atoms with Gasteiger partial charge < -0.3 is 25.8 Å². The van der Waals surface area contributed by atoms with Crippen LogP contribution < -0.4 is 20.7 Å². The molecule has 0 amide bonds. The van der Waals surface area contributed by atoms with Crippen molar-refractivity contribution in [1.82, 2.24) is 14.9 Å². The van der Waals surface area contributed by atoms with Crippen molar-refractivity contribution in [3.63, 3.8) is 0 Å². The van der Waals surface area contributed by atoms with Gasteiger partial charge in [0, 0.05) is 56.5 Å². The lowest BCUT2D eigenvalue weighted by atomic mass is 9.82. The minimum absolute atomic E-state index is 0.172. The predicted octanol–water partition coefficient (Wildman–Crippen LogP) is 2.94. The fourth-order valence-electron chi connectivity index (χ4n) is 4.80. The van der Waals surface area contributed by atoms with Gasteiger partial charge in [0.15, 0.2) is 0 Å². The van der Waals surface area contributed by atoms with Gasteiger partial charge in [-0.15, -0.1) is 0 Å². The van der Waals surface area contributed by atoms with E-state index in [0.717, 1.165) is 48.8 Å². The van der Waals surface area contributed by atoms with Gasteiger partial charge in [-0.05, 0) is 24.1 Å².